The van der Waals surface area contributed by atoms with E-state index in [-0.39, 0.29) is 0 Å². The Balaban J connectivity index is 1.08. The van der Waals surface area contributed by atoms with Gasteiger partial charge in [-0.05, 0) is 64.2 Å². The van der Waals surface area contributed by atoms with Crippen molar-refractivity contribution < 1.29 is 4.42 Å². The van der Waals surface area contributed by atoms with Crippen molar-refractivity contribution in [2.24, 2.45) is 0 Å². The van der Waals surface area contributed by atoms with Crippen LogP contribution in [-0.4, -0.2) is 19.5 Å². The monoisotopic (exact) mass is 792 g/mol. The Hall–Kier alpha value is -8.41. The van der Waals surface area contributed by atoms with E-state index in [0.717, 1.165) is 93.9 Å². The molecule has 0 aliphatic rings. The summed E-state index contributed by atoms with van der Waals surface area (Å²) >= 11 is 0. The molecule has 12 aromatic rings. The molecule has 290 valence electrons. The van der Waals surface area contributed by atoms with E-state index in [4.69, 9.17) is 19.4 Å². The Morgan fingerprint density at radius 1 is 0.339 bits per heavy atom. The predicted molar refractivity (Wildman–Crippen MR) is 254 cm³/mol. The van der Waals surface area contributed by atoms with E-state index >= 15 is 0 Å². The molecule has 62 heavy (non-hydrogen) atoms. The van der Waals surface area contributed by atoms with Crippen molar-refractivity contribution in [1.29, 1.82) is 0 Å². The van der Waals surface area contributed by atoms with Crippen molar-refractivity contribution in [2.75, 3.05) is 0 Å². The van der Waals surface area contributed by atoms with E-state index in [2.05, 4.69) is 187 Å². The second-order valence-corrected chi connectivity index (χ2v) is 15.6. The molecule has 5 heteroatoms. The lowest BCUT2D eigenvalue weighted by Crippen LogP contribution is -2.03. The third-order valence-corrected chi connectivity index (χ3v) is 11.9. The molecule has 0 atom stereocenters. The molecular formula is C57H36N4O. The Morgan fingerprint density at radius 3 is 1.61 bits per heavy atom. The van der Waals surface area contributed by atoms with Gasteiger partial charge >= 0.3 is 0 Å². The van der Waals surface area contributed by atoms with Crippen LogP contribution in [0.15, 0.2) is 223 Å². The van der Waals surface area contributed by atoms with Crippen molar-refractivity contribution in [1.82, 2.24) is 19.5 Å². The molecule has 3 heterocycles. The van der Waals surface area contributed by atoms with Gasteiger partial charge in [-0.2, -0.15) is 0 Å². The lowest BCUT2D eigenvalue weighted by atomic mass is 9.97. The summed E-state index contributed by atoms with van der Waals surface area (Å²) in [5.74, 6) is 1.81. The minimum Gasteiger partial charge on any atom is -0.455 e. The fourth-order valence-electron chi connectivity index (χ4n) is 8.95. The molecule has 3 aromatic heterocycles. The smallest absolute Gasteiger partial charge is 0.166 e. The topological polar surface area (TPSA) is 56.7 Å². The van der Waals surface area contributed by atoms with Crippen LogP contribution in [0.1, 0.15) is 0 Å². The molecule has 5 nitrogen and oxygen atoms in total. The molecule has 0 saturated heterocycles. The Morgan fingerprint density at radius 2 is 0.855 bits per heavy atom. The average Bonchev–Trinajstić information content (AvgIpc) is 3.91. The maximum atomic E-state index is 6.91. The second kappa shape index (κ2) is 14.7. The molecule has 0 aliphatic carbocycles. The van der Waals surface area contributed by atoms with Gasteiger partial charge in [0.05, 0.1) is 22.1 Å². The number of rotatable bonds is 7. The molecule has 0 N–H and O–H groups in total. The van der Waals surface area contributed by atoms with Gasteiger partial charge in [0, 0.05) is 38.4 Å². The van der Waals surface area contributed by atoms with E-state index < -0.39 is 0 Å². The first-order valence-corrected chi connectivity index (χ1v) is 20.9. The van der Waals surface area contributed by atoms with Crippen LogP contribution in [0.5, 0.6) is 0 Å². The highest BCUT2D eigenvalue weighted by molar-refractivity contribution is 6.25. The first kappa shape index (κ1) is 35.5. The summed E-state index contributed by atoms with van der Waals surface area (Å²) in [6, 6.07) is 76.1. The molecule has 12 rings (SSSR count). The summed E-state index contributed by atoms with van der Waals surface area (Å²) in [6.07, 6.45) is 0. The summed E-state index contributed by atoms with van der Waals surface area (Å²) in [5.41, 5.74) is 14.3. The molecular weight excluding hydrogens is 757 g/mol. The Labute approximate surface area is 357 Å². The van der Waals surface area contributed by atoms with Crippen molar-refractivity contribution in [3.63, 3.8) is 0 Å². The van der Waals surface area contributed by atoms with E-state index in [0.29, 0.717) is 17.5 Å². The fraction of sp³-hybridized carbons (Fsp3) is 0. The van der Waals surface area contributed by atoms with Crippen LogP contribution in [0, 0.1) is 0 Å². The van der Waals surface area contributed by atoms with Crippen molar-refractivity contribution >= 4 is 43.7 Å². The van der Waals surface area contributed by atoms with Crippen LogP contribution in [0.2, 0.25) is 0 Å². The van der Waals surface area contributed by atoms with Crippen LogP contribution in [0.3, 0.4) is 0 Å². The van der Waals surface area contributed by atoms with E-state index in [1.807, 2.05) is 36.4 Å². The van der Waals surface area contributed by atoms with Crippen LogP contribution in [-0.2, 0) is 0 Å². The van der Waals surface area contributed by atoms with Gasteiger partial charge in [-0.1, -0.05) is 182 Å². The molecule has 0 radical (unpaired) electrons. The number of aromatic nitrogens is 4. The SMILES string of the molecule is c1ccc(-c2ccc(-c3nc(-c4ccccc4)nc(-c4ccccc4-n4c5ccccc5c5ccc6oc7c(-c8cccc(-c9ccccc9)c8)cccc7c6c54)n3)cc2)cc1. The molecule has 0 fully saturated rings. The van der Waals surface area contributed by atoms with E-state index in [1.54, 1.807) is 0 Å². The zero-order valence-electron chi connectivity index (χ0n) is 33.5. The molecule has 0 aliphatic heterocycles. The molecule has 0 bridgehead atoms. The number of para-hydroxylation sites is 3. The highest BCUT2D eigenvalue weighted by Crippen LogP contribution is 2.44. The van der Waals surface area contributed by atoms with Gasteiger partial charge in [0.1, 0.15) is 11.2 Å². The third-order valence-electron chi connectivity index (χ3n) is 11.9. The molecule has 0 spiro atoms. The third kappa shape index (κ3) is 5.98. The molecule has 0 saturated carbocycles. The van der Waals surface area contributed by atoms with Gasteiger partial charge in [-0.15, -0.1) is 0 Å². The Bertz CT molecular complexity index is 3610. The van der Waals surface area contributed by atoms with Crippen LogP contribution in [0.4, 0.5) is 0 Å². The second-order valence-electron chi connectivity index (χ2n) is 15.6. The van der Waals surface area contributed by atoms with Crippen LogP contribution in [0.25, 0.3) is 117 Å². The Kier molecular flexibility index (Phi) is 8.42. The number of nitrogens with zero attached hydrogens (tertiary/aromatic N) is 4. The first-order valence-electron chi connectivity index (χ1n) is 20.9. The lowest BCUT2D eigenvalue weighted by Gasteiger charge is -2.15. The maximum Gasteiger partial charge on any atom is 0.166 e. The zero-order chi connectivity index (χ0) is 41.0. The number of hydrogen-bond donors (Lipinski definition) is 0. The standard InChI is InChI=1S/C57H36N4O/c1-4-16-37(17-5-1)39-30-32-41(33-31-39)56-58-55(40-20-8-3-9-21-40)59-57(60-56)47-25-11-13-29-50(47)61-49-28-12-10-24-45(49)46-34-35-51-52(53(46)61)48-27-15-26-44(54(48)62-51)43-23-14-22-42(36-43)38-18-6-2-7-19-38/h1-36H. The quantitative estimate of drug-likeness (QED) is 0.161. The van der Waals surface area contributed by atoms with Gasteiger partial charge in [0.15, 0.2) is 17.5 Å². The molecule has 0 amide bonds. The van der Waals surface area contributed by atoms with Gasteiger partial charge in [0.2, 0.25) is 0 Å². The van der Waals surface area contributed by atoms with E-state index in [1.165, 1.54) is 5.56 Å². The van der Waals surface area contributed by atoms with Crippen LogP contribution < -0.4 is 0 Å². The minimum absolute atomic E-state index is 0.590. The lowest BCUT2D eigenvalue weighted by molar-refractivity contribution is 0.670. The normalized spacial score (nSPS) is 11.5. The van der Waals surface area contributed by atoms with Crippen molar-refractivity contribution in [2.45, 2.75) is 0 Å². The summed E-state index contributed by atoms with van der Waals surface area (Å²) in [5, 5.41) is 4.41. The number of fused-ring (bicyclic) bond motifs is 7. The predicted octanol–water partition coefficient (Wildman–Crippen LogP) is 14.9. The zero-order valence-corrected chi connectivity index (χ0v) is 33.5. The number of furan rings is 1. The number of hydrogen-bond acceptors (Lipinski definition) is 4. The largest absolute Gasteiger partial charge is 0.455 e. The van der Waals surface area contributed by atoms with E-state index in [9.17, 15) is 0 Å². The van der Waals surface area contributed by atoms with Crippen molar-refractivity contribution in [3.8, 4) is 73.2 Å². The summed E-state index contributed by atoms with van der Waals surface area (Å²) in [6.45, 7) is 0. The highest BCUT2D eigenvalue weighted by Gasteiger charge is 2.23. The van der Waals surface area contributed by atoms with Crippen LogP contribution >= 0.6 is 0 Å². The van der Waals surface area contributed by atoms with Gasteiger partial charge in [0.25, 0.3) is 0 Å². The van der Waals surface area contributed by atoms with Gasteiger partial charge < -0.3 is 8.98 Å². The molecule has 0 unspecified atom stereocenters. The maximum absolute atomic E-state index is 6.91. The highest BCUT2D eigenvalue weighted by atomic mass is 16.3. The summed E-state index contributed by atoms with van der Waals surface area (Å²) in [4.78, 5) is 15.5. The van der Waals surface area contributed by atoms with Gasteiger partial charge in [-0.3, -0.25) is 0 Å². The first-order chi connectivity index (χ1) is 30.7. The minimum atomic E-state index is 0.590. The number of benzene rings is 9. The van der Waals surface area contributed by atoms with Crippen molar-refractivity contribution in [3.05, 3.63) is 218 Å². The fourth-order valence-corrected chi connectivity index (χ4v) is 8.95. The molecule has 9 aromatic carbocycles. The summed E-state index contributed by atoms with van der Waals surface area (Å²) in [7, 11) is 0. The van der Waals surface area contributed by atoms with Gasteiger partial charge in [-0.25, -0.2) is 15.0 Å². The average molecular weight is 793 g/mol. The summed E-state index contributed by atoms with van der Waals surface area (Å²) < 4.78 is 9.29.